The highest BCUT2D eigenvalue weighted by Crippen LogP contribution is 2.30. The van der Waals surface area contributed by atoms with Crippen molar-refractivity contribution in [2.24, 2.45) is 11.7 Å². The average Bonchev–Trinajstić information content (AvgIpc) is 2.22. The zero-order valence-electron chi connectivity index (χ0n) is 9.87. The van der Waals surface area contributed by atoms with Gasteiger partial charge in [0.05, 0.1) is 0 Å². The molecule has 0 spiro atoms. The van der Waals surface area contributed by atoms with Gasteiger partial charge in [0.2, 0.25) is 0 Å². The van der Waals surface area contributed by atoms with E-state index in [2.05, 4.69) is 15.9 Å². The van der Waals surface area contributed by atoms with Crippen molar-refractivity contribution in [1.29, 1.82) is 0 Å². The van der Waals surface area contributed by atoms with Gasteiger partial charge in [-0.3, -0.25) is 0 Å². The van der Waals surface area contributed by atoms with Gasteiger partial charge in [0, 0.05) is 16.1 Å². The summed E-state index contributed by atoms with van der Waals surface area (Å²) in [7, 11) is 3.88. The van der Waals surface area contributed by atoms with E-state index in [4.69, 9.17) is 5.73 Å². The molecule has 0 bridgehead atoms. The third kappa shape index (κ3) is 3.03. The Morgan fingerprint density at radius 2 is 2.06 bits per heavy atom. The number of rotatable bonds is 4. The van der Waals surface area contributed by atoms with Gasteiger partial charge in [0.1, 0.15) is 5.82 Å². The summed E-state index contributed by atoms with van der Waals surface area (Å²) in [5.41, 5.74) is 6.37. The fourth-order valence-corrected chi connectivity index (χ4v) is 2.34. The highest BCUT2D eigenvalue weighted by atomic mass is 79.9. The minimum Gasteiger partial charge on any atom is -0.330 e. The monoisotopic (exact) mass is 288 g/mol. The summed E-state index contributed by atoms with van der Waals surface area (Å²) >= 11 is 3.37. The number of hydrogen-bond acceptors (Lipinski definition) is 2. The fraction of sp³-hybridized carbons (Fsp3) is 0.500. The van der Waals surface area contributed by atoms with Crippen molar-refractivity contribution < 1.29 is 4.39 Å². The number of halogens is 2. The SMILES string of the molecule is CC(CN)C(c1cc(Br)ccc1F)N(C)C. The Morgan fingerprint density at radius 3 is 2.56 bits per heavy atom. The number of nitrogens with zero attached hydrogens (tertiary/aromatic N) is 1. The van der Waals surface area contributed by atoms with Crippen LogP contribution in [0.15, 0.2) is 22.7 Å². The van der Waals surface area contributed by atoms with E-state index in [9.17, 15) is 4.39 Å². The van der Waals surface area contributed by atoms with Gasteiger partial charge >= 0.3 is 0 Å². The highest BCUT2D eigenvalue weighted by Gasteiger charge is 2.23. The van der Waals surface area contributed by atoms with Gasteiger partial charge in [-0.25, -0.2) is 4.39 Å². The molecule has 0 radical (unpaired) electrons. The molecule has 0 heterocycles. The summed E-state index contributed by atoms with van der Waals surface area (Å²) in [6.45, 7) is 2.57. The summed E-state index contributed by atoms with van der Waals surface area (Å²) in [5.74, 6) is 0.0287. The molecule has 4 heteroatoms. The summed E-state index contributed by atoms with van der Waals surface area (Å²) in [4.78, 5) is 2.00. The van der Waals surface area contributed by atoms with Crippen LogP contribution < -0.4 is 5.73 Å². The molecule has 0 fully saturated rings. The Kier molecular flexibility index (Phi) is 4.89. The maximum Gasteiger partial charge on any atom is 0.128 e. The smallest absolute Gasteiger partial charge is 0.128 e. The maximum absolute atomic E-state index is 13.8. The van der Waals surface area contributed by atoms with Crippen LogP contribution >= 0.6 is 15.9 Å². The third-order valence-corrected chi connectivity index (χ3v) is 3.24. The van der Waals surface area contributed by atoms with Gasteiger partial charge < -0.3 is 10.6 Å². The molecule has 2 unspecified atom stereocenters. The first-order chi connectivity index (χ1) is 7.47. The molecule has 1 aromatic rings. The van der Waals surface area contributed by atoms with E-state index in [1.165, 1.54) is 6.07 Å². The molecule has 0 aromatic heterocycles. The van der Waals surface area contributed by atoms with Crippen LogP contribution in [-0.2, 0) is 0 Å². The van der Waals surface area contributed by atoms with Crippen molar-refractivity contribution in [2.45, 2.75) is 13.0 Å². The zero-order valence-corrected chi connectivity index (χ0v) is 11.5. The van der Waals surface area contributed by atoms with Gasteiger partial charge in [-0.2, -0.15) is 0 Å². The Labute approximate surface area is 105 Å². The van der Waals surface area contributed by atoms with E-state index in [1.807, 2.05) is 32.0 Å². The third-order valence-electron chi connectivity index (χ3n) is 2.74. The minimum absolute atomic E-state index is 0.00231. The number of nitrogens with two attached hydrogens (primary N) is 1. The molecule has 90 valence electrons. The predicted molar refractivity (Wildman–Crippen MR) is 68.7 cm³/mol. The number of benzene rings is 1. The normalized spacial score (nSPS) is 15.2. The van der Waals surface area contributed by atoms with E-state index in [1.54, 1.807) is 6.07 Å². The minimum atomic E-state index is -0.179. The zero-order chi connectivity index (χ0) is 12.3. The lowest BCUT2D eigenvalue weighted by molar-refractivity contribution is 0.222. The van der Waals surface area contributed by atoms with E-state index >= 15 is 0 Å². The quantitative estimate of drug-likeness (QED) is 0.923. The average molecular weight is 289 g/mol. The second-order valence-corrected chi connectivity index (χ2v) is 5.20. The van der Waals surface area contributed by atoms with Crippen molar-refractivity contribution in [1.82, 2.24) is 4.90 Å². The summed E-state index contributed by atoms with van der Waals surface area (Å²) < 4.78 is 14.7. The van der Waals surface area contributed by atoms with Gasteiger partial charge in [0.15, 0.2) is 0 Å². The highest BCUT2D eigenvalue weighted by molar-refractivity contribution is 9.10. The van der Waals surface area contributed by atoms with Crippen LogP contribution in [0.2, 0.25) is 0 Å². The van der Waals surface area contributed by atoms with Crippen LogP contribution in [0.1, 0.15) is 18.5 Å². The molecule has 2 nitrogen and oxygen atoms in total. The lowest BCUT2D eigenvalue weighted by Crippen LogP contribution is -2.31. The first-order valence-electron chi connectivity index (χ1n) is 5.28. The standard InChI is InChI=1S/C12H18BrFN2/c1-8(7-15)12(16(2)3)10-6-9(13)4-5-11(10)14/h4-6,8,12H,7,15H2,1-3H3. The molecule has 0 amide bonds. The topological polar surface area (TPSA) is 29.3 Å². The fourth-order valence-electron chi connectivity index (χ4n) is 1.96. The number of hydrogen-bond donors (Lipinski definition) is 1. The van der Waals surface area contributed by atoms with E-state index in [-0.39, 0.29) is 17.8 Å². The molecule has 2 N–H and O–H groups in total. The summed E-state index contributed by atoms with van der Waals surface area (Å²) in [5, 5.41) is 0. The molecule has 0 aliphatic heterocycles. The first kappa shape index (κ1) is 13.6. The van der Waals surface area contributed by atoms with Gasteiger partial charge in [-0.05, 0) is 44.8 Å². The van der Waals surface area contributed by atoms with Crippen molar-refractivity contribution in [3.8, 4) is 0 Å². The van der Waals surface area contributed by atoms with Crippen LogP contribution in [-0.4, -0.2) is 25.5 Å². The molecule has 0 saturated carbocycles. The van der Waals surface area contributed by atoms with Crippen LogP contribution in [0, 0.1) is 11.7 Å². The van der Waals surface area contributed by atoms with Crippen LogP contribution in [0.4, 0.5) is 4.39 Å². The molecule has 1 aromatic carbocycles. The van der Waals surface area contributed by atoms with Crippen LogP contribution in [0.25, 0.3) is 0 Å². The van der Waals surface area contributed by atoms with Gasteiger partial charge in [-0.1, -0.05) is 22.9 Å². The van der Waals surface area contributed by atoms with Crippen molar-refractivity contribution in [3.63, 3.8) is 0 Å². The molecule has 1 rings (SSSR count). The van der Waals surface area contributed by atoms with E-state index in [0.29, 0.717) is 12.1 Å². The Bertz CT molecular complexity index is 355. The van der Waals surface area contributed by atoms with E-state index in [0.717, 1.165) is 4.47 Å². The Hall–Kier alpha value is -0.450. The molecule has 16 heavy (non-hydrogen) atoms. The predicted octanol–water partition coefficient (Wildman–Crippen LogP) is 2.79. The van der Waals surface area contributed by atoms with Crippen molar-refractivity contribution >= 4 is 15.9 Å². The summed E-state index contributed by atoms with van der Waals surface area (Å²) in [6, 6.07) is 5.02. The summed E-state index contributed by atoms with van der Waals surface area (Å²) in [6.07, 6.45) is 0. The largest absolute Gasteiger partial charge is 0.330 e. The maximum atomic E-state index is 13.8. The second kappa shape index (κ2) is 5.75. The van der Waals surface area contributed by atoms with Gasteiger partial charge in [0.25, 0.3) is 0 Å². The second-order valence-electron chi connectivity index (χ2n) is 4.29. The lowest BCUT2D eigenvalue weighted by Gasteiger charge is -2.30. The van der Waals surface area contributed by atoms with Crippen LogP contribution in [0.3, 0.4) is 0 Å². The molecule has 0 aliphatic rings. The first-order valence-corrected chi connectivity index (χ1v) is 6.08. The Balaban J connectivity index is 3.15. The Morgan fingerprint density at radius 1 is 1.44 bits per heavy atom. The molecular weight excluding hydrogens is 271 g/mol. The molecule has 0 aliphatic carbocycles. The van der Waals surface area contributed by atoms with E-state index < -0.39 is 0 Å². The molecular formula is C12H18BrFN2. The van der Waals surface area contributed by atoms with Crippen molar-refractivity contribution in [3.05, 3.63) is 34.1 Å². The molecule has 2 atom stereocenters. The van der Waals surface area contributed by atoms with Gasteiger partial charge in [-0.15, -0.1) is 0 Å². The lowest BCUT2D eigenvalue weighted by atomic mass is 9.93. The molecule has 0 saturated heterocycles. The van der Waals surface area contributed by atoms with Crippen LogP contribution in [0.5, 0.6) is 0 Å². The van der Waals surface area contributed by atoms with Crippen molar-refractivity contribution in [2.75, 3.05) is 20.6 Å².